The summed E-state index contributed by atoms with van der Waals surface area (Å²) in [5.74, 6) is 0. The van der Waals surface area contributed by atoms with Crippen molar-refractivity contribution in [2.24, 2.45) is 0 Å². The summed E-state index contributed by atoms with van der Waals surface area (Å²) < 4.78 is 0. The number of para-hydroxylation sites is 1. The zero-order valence-corrected chi connectivity index (χ0v) is 10.9. The third-order valence-electron chi connectivity index (χ3n) is 2.52. The zero-order valence-electron chi connectivity index (χ0n) is 9.40. The molecule has 4 heteroatoms. The second-order valence-corrected chi connectivity index (χ2v) is 4.52. The quantitative estimate of drug-likeness (QED) is 0.884. The Balaban J connectivity index is 2.30. The number of nitriles is 1. The summed E-state index contributed by atoms with van der Waals surface area (Å²) >= 11 is 12.1. The Hall–Kier alpha value is -1.69. The highest BCUT2D eigenvalue weighted by molar-refractivity contribution is 6.33. The Morgan fingerprint density at radius 1 is 0.944 bits per heavy atom. The number of nitrogens with one attached hydrogen (secondary N) is 1. The van der Waals surface area contributed by atoms with Gasteiger partial charge >= 0.3 is 0 Å². The zero-order chi connectivity index (χ0) is 13.0. The molecule has 0 saturated carbocycles. The molecule has 0 aliphatic heterocycles. The first kappa shape index (κ1) is 12.8. The van der Waals surface area contributed by atoms with E-state index in [4.69, 9.17) is 23.2 Å². The van der Waals surface area contributed by atoms with E-state index in [0.29, 0.717) is 15.7 Å². The van der Waals surface area contributed by atoms with Crippen LogP contribution in [0.15, 0.2) is 48.5 Å². The fraction of sp³-hybridized carbons (Fsp3) is 0.0714. The molecular weight excluding hydrogens is 267 g/mol. The molecule has 2 rings (SSSR count). The van der Waals surface area contributed by atoms with E-state index in [1.165, 1.54) is 0 Å². The number of hydrogen-bond acceptors (Lipinski definition) is 2. The van der Waals surface area contributed by atoms with Gasteiger partial charge in [-0.05, 0) is 18.2 Å². The van der Waals surface area contributed by atoms with Gasteiger partial charge in [0, 0.05) is 10.6 Å². The first-order valence-corrected chi connectivity index (χ1v) is 6.13. The minimum absolute atomic E-state index is 0.529. The van der Waals surface area contributed by atoms with Gasteiger partial charge in [-0.3, -0.25) is 0 Å². The van der Waals surface area contributed by atoms with Gasteiger partial charge in [0.15, 0.2) is 0 Å². The van der Waals surface area contributed by atoms with E-state index in [1.807, 2.05) is 36.4 Å². The summed E-state index contributed by atoms with van der Waals surface area (Å²) in [5, 5.41) is 13.5. The summed E-state index contributed by atoms with van der Waals surface area (Å²) in [6.45, 7) is 0. The molecule has 0 fully saturated rings. The van der Waals surface area contributed by atoms with Gasteiger partial charge in [0.1, 0.15) is 6.04 Å². The highest BCUT2D eigenvalue weighted by atomic mass is 35.5. The number of nitrogens with zero attached hydrogens (tertiary/aromatic N) is 1. The number of rotatable bonds is 3. The van der Waals surface area contributed by atoms with Gasteiger partial charge in [-0.25, -0.2) is 0 Å². The molecule has 0 aliphatic rings. The Kier molecular flexibility index (Phi) is 4.09. The third kappa shape index (κ3) is 2.76. The first-order valence-electron chi connectivity index (χ1n) is 5.37. The largest absolute Gasteiger partial charge is 0.365 e. The molecule has 0 bridgehead atoms. The SMILES string of the molecule is N#CC(Nc1ccccc1Cl)c1ccccc1Cl. The highest BCUT2D eigenvalue weighted by Gasteiger charge is 2.14. The Morgan fingerprint density at radius 3 is 2.17 bits per heavy atom. The van der Waals surface area contributed by atoms with Crippen molar-refractivity contribution in [2.75, 3.05) is 5.32 Å². The molecule has 0 spiro atoms. The van der Waals surface area contributed by atoms with Gasteiger partial charge in [0.25, 0.3) is 0 Å². The molecule has 90 valence electrons. The average molecular weight is 277 g/mol. The molecule has 1 unspecified atom stereocenters. The van der Waals surface area contributed by atoms with Crippen LogP contribution < -0.4 is 5.32 Å². The predicted molar refractivity (Wildman–Crippen MR) is 74.9 cm³/mol. The van der Waals surface area contributed by atoms with Gasteiger partial charge in [-0.1, -0.05) is 53.5 Å². The molecule has 2 nitrogen and oxygen atoms in total. The third-order valence-corrected chi connectivity index (χ3v) is 3.19. The molecule has 1 atom stereocenters. The van der Waals surface area contributed by atoms with Gasteiger partial charge < -0.3 is 5.32 Å². The van der Waals surface area contributed by atoms with E-state index in [2.05, 4.69) is 11.4 Å². The van der Waals surface area contributed by atoms with Gasteiger partial charge in [-0.2, -0.15) is 5.26 Å². The van der Waals surface area contributed by atoms with E-state index < -0.39 is 6.04 Å². The van der Waals surface area contributed by atoms with Crippen molar-refractivity contribution in [1.29, 1.82) is 5.26 Å². The second kappa shape index (κ2) is 5.77. The Labute approximate surface area is 116 Å². The van der Waals surface area contributed by atoms with Crippen LogP contribution in [-0.2, 0) is 0 Å². The molecule has 0 amide bonds. The average Bonchev–Trinajstić information content (AvgIpc) is 2.39. The lowest BCUT2D eigenvalue weighted by atomic mass is 10.1. The van der Waals surface area contributed by atoms with E-state index in [0.717, 1.165) is 5.56 Å². The maximum absolute atomic E-state index is 9.24. The standard InChI is InChI=1S/C14H10Cl2N2/c15-11-6-2-1-5-10(11)14(9-17)18-13-8-4-3-7-12(13)16/h1-8,14,18H. The van der Waals surface area contributed by atoms with Crippen molar-refractivity contribution in [3.8, 4) is 6.07 Å². The van der Waals surface area contributed by atoms with Gasteiger partial charge in [-0.15, -0.1) is 0 Å². The smallest absolute Gasteiger partial charge is 0.141 e. The van der Waals surface area contributed by atoms with Crippen LogP contribution >= 0.6 is 23.2 Å². The lowest BCUT2D eigenvalue weighted by molar-refractivity contribution is 0.998. The Morgan fingerprint density at radius 2 is 1.56 bits per heavy atom. The van der Waals surface area contributed by atoms with Crippen LogP contribution in [0, 0.1) is 11.3 Å². The lowest BCUT2D eigenvalue weighted by Crippen LogP contribution is -2.09. The van der Waals surface area contributed by atoms with E-state index in [1.54, 1.807) is 12.1 Å². The number of hydrogen-bond donors (Lipinski definition) is 1. The van der Waals surface area contributed by atoms with Crippen LogP contribution in [0.2, 0.25) is 10.0 Å². The summed E-state index contributed by atoms with van der Waals surface area (Å²) in [5.41, 5.74) is 1.45. The van der Waals surface area contributed by atoms with Crippen LogP contribution in [0.25, 0.3) is 0 Å². The van der Waals surface area contributed by atoms with Crippen LogP contribution in [-0.4, -0.2) is 0 Å². The maximum atomic E-state index is 9.24. The topological polar surface area (TPSA) is 35.8 Å². The molecule has 2 aromatic rings. The van der Waals surface area contributed by atoms with Crippen molar-refractivity contribution in [3.05, 3.63) is 64.1 Å². The van der Waals surface area contributed by atoms with Crippen LogP contribution in [0.5, 0.6) is 0 Å². The van der Waals surface area contributed by atoms with Crippen molar-refractivity contribution in [1.82, 2.24) is 0 Å². The van der Waals surface area contributed by atoms with Crippen LogP contribution in [0.4, 0.5) is 5.69 Å². The van der Waals surface area contributed by atoms with Gasteiger partial charge in [0.05, 0.1) is 16.8 Å². The predicted octanol–water partition coefficient (Wildman–Crippen LogP) is 4.67. The molecule has 1 N–H and O–H groups in total. The highest BCUT2D eigenvalue weighted by Crippen LogP contribution is 2.28. The van der Waals surface area contributed by atoms with Crippen molar-refractivity contribution >= 4 is 28.9 Å². The normalized spacial score (nSPS) is 11.6. The van der Waals surface area contributed by atoms with Crippen molar-refractivity contribution < 1.29 is 0 Å². The van der Waals surface area contributed by atoms with Crippen molar-refractivity contribution in [3.63, 3.8) is 0 Å². The number of halogens is 2. The number of anilines is 1. The fourth-order valence-corrected chi connectivity index (χ4v) is 2.06. The van der Waals surface area contributed by atoms with Crippen molar-refractivity contribution in [2.45, 2.75) is 6.04 Å². The molecule has 0 saturated heterocycles. The molecule has 0 aliphatic carbocycles. The van der Waals surface area contributed by atoms with E-state index >= 15 is 0 Å². The fourth-order valence-electron chi connectivity index (χ4n) is 1.62. The van der Waals surface area contributed by atoms with Crippen LogP contribution in [0.1, 0.15) is 11.6 Å². The maximum Gasteiger partial charge on any atom is 0.141 e. The lowest BCUT2D eigenvalue weighted by Gasteiger charge is -2.15. The minimum Gasteiger partial charge on any atom is -0.365 e. The van der Waals surface area contributed by atoms with Crippen LogP contribution in [0.3, 0.4) is 0 Å². The summed E-state index contributed by atoms with van der Waals surface area (Å²) in [6.07, 6.45) is 0. The molecule has 0 radical (unpaired) electrons. The monoisotopic (exact) mass is 276 g/mol. The summed E-state index contributed by atoms with van der Waals surface area (Å²) in [6, 6.07) is 16.2. The van der Waals surface area contributed by atoms with E-state index in [-0.39, 0.29) is 0 Å². The minimum atomic E-state index is -0.529. The molecule has 0 aromatic heterocycles. The second-order valence-electron chi connectivity index (χ2n) is 3.71. The Bertz CT molecular complexity index is 590. The summed E-state index contributed by atoms with van der Waals surface area (Å²) in [4.78, 5) is 0. The molecule has 2 aromatic carbocycles. The molecule has 18 heavy (non-hydrogen) atoms. The van der Waals surface area contributed by atoms with E-state index in [9.17, 15) is 5.26 Å². The molecular formula is C14H10Cl2N2. The first-order chi connectivity index (χ1) is 8.72. The summed E-state index contributed by atoms with van der Waals surface area (Å²) in [7, 11) is 0. The molecule has 0 heterocycles. The number of benzene rings is 2. The van der Waals surface area contributed by atoms with Gasteiger partial charge in [0.2, 0.25) is 0 Å².